The number of hydrogen-bond donors (Lipinski definition) is 2. The molecule has 0 aliphatic rings. The molecule has 0 saturated heterocycles. The highest BCUT2D eigenvalue weighted by atomic mass is 16.5. The molecule has 0 amide bonds. The van der Waals surface area contributed by atoms with Crippen molar-refractivity contribution in [2.24, 2.45) is 0 Å². The Bertz CT molecular complexity index is 436. The molecule has 0 aliphatic carbocycles. The topological polar surface area (TPSA) is 70.2 Å². The molecule has 1 heterocycles. The highest BCUT2D eigenvalue weighted by Crippen LogP contribution is 2.18. The van der Waals surface area contributed by atoms with Crippen molar-refractivity contribution in [3.63, 3.8) is 0 Å². The molecule has 1 rings (SSSR count). The van der Waals surface area contributed by atoms with Crippen LogP contribution in [0, 0.1) is 0 Å². The van der Waals surface area contributed by atoms with Crippen LogP contribution in [0.15, 0.2) is 11.1 Å². The number of rotatable bonds is 5. The minimum Gasteiger partial charge on any atom is -0.489 e. The van der Waals surface area contributed by atoms with E-state index in [1.54, 1.807) is 0 Å². The van der Waals surface area contributed by atoms with Crippen molar-refractivity contribution in [3.8, 4) is 5.75 Å². The zero-order chi connectivity index (χ0) is 13.8. The standard InChI is InChI=1S/C12H22N4O2/c1-12(2,3)15-6-7-16(4)10-9(18-5)11(17)14-8-13-10/h8,15H,6-7H2,1-5H3,(H,13,14,17). The van der Waals surface area contributed by atoms with Gasteiger partial charge in [-0.2, -0.15) is 0 Å². The molecule has 102 valence electrons. The first-order valence-electron chi connectivity index (χ1n) is 5.93. The van der Waals surface area contributed by atoms with E-state index >= 15 is 0 Å². The molecule has 1 aromatic rings. The minimum absolute atomic E-state index is 0.0759. The predicted molar refractivity (Wildman–Crippen MR) is 72.4 cm³/mol. The zero-order valence-corrected chi connectivity index (χ0v) is 11.7. The molecule has 0 unspecified atom stereocenters. The third kappa shape index (κ3) is 4.03. The quantitative estimate of drug-likeness (QED) is 0.805. The fraction of sp³-hybridized carbons (Fsp3) is 0.667. The van der Waals surface area contributed by atoms with E-state index in [-0.39, 0.29) is 16.8 Å². The van der Waals surface area contributed by atoms with Crippen molar-refractivity contribution < 1.29 is 4.74 Å². The SMILES string of the molecule is COc1c(N(C)CCNC(C)(C)C)nc[nH]c1=O. The van der Waals surface area contributed by atoms with Crippen LogP contribution in [-0.2, 0) is 0 Å². The first-order valence-corrected chi connectivity index (χ1v) is 5.93. The summed E-state index contributed by atoms with van der Waals surface area (Å²) < 4.78 is 5.08. The van der Waals surface area contributed by atoms with Crippen molar-refractivity contribution in [3.05, 3.63) is 16.7 Å². The fourth-order valence-corrected chi connectivity index (χ4v) is 1.54. The van der Waals surface area contributed by atoms with Crippen molar-refractivity contribution >= 4 is 5.82 Å². The summed E-state index contributed by atoms with van der Waals surface area (Å²) in [5.74, 6) is 0.799. The zero-order valence-electron chi connectivity index (χ0n) is 11.7. The molecule has 0 aromatic carbocycles. The lowest BCUT2D eigenvalue weighted by Crippen LogP contribution is -2.41. The van der Waals surface area contributed by atoms with Crippen LogP contribution < -0.4 is 20.5 Å². The Hall–Kier alpha value is -1.56. The van der Waals surface area contributed by atoms with Crippen molar-refractivity contribution in [1.82, 2.24) is 15.3 Å². The largest absolute Gasteiger partial charge is 0.489 e. The number of hydrogen-bond acceptors (Lipinski definition) is 5. The number of ether oxygens (including phenoxy) is 1. The van der Waals surface area contributed by atoms with Crippen LogP contribution >= 0.6 is 0 Å². The number of likely N-dealkylation sites (N-methyl/N-ethyl adjacent to an activating group) is 1. The maximum absolute atomic E-state index is 11.5. The Morgan fingerprint density at radius 2 is 2.17 bits per heavy atom. The van der Waals surface area contributed by atoms with Gasteiger partial charge in [0.1, 0.15) is 0 Å². The summed E-state index contributed by atoms with van der Waals surface area (Å²) in [6.45, 7) is 7.87. The Morgan fingerprint density at radius 1 is 1.50 bits per heavy atom. The van der Waals surface area contributed by atoms with E-state index in [0.717, 1.165) is 13.1 Å². The van der Waals surface area contributed by atoms with Crippen LogP contribution in [0.25, 0.3) is 0 Å². The van der Waals surface area contributed by atoms with Gasteiger partial charge in [0.25, 0.3) is 5.56 Å². The van der Waals surface area contributed by atoms with Gasteiger partial charge in [-0.3, -0.25) is 4.79 Å². The van der Waals surface area contributed by atoms with Gasteiger partial charge in [0.15, 0.2) is 5.82 Å². The number of nitrogens with zero attached hydrogens (tertiary/aromatic N) is 2. The van der Waals surface area contributed by atoms with Gasteiger partial charge in [-0.1, -0.05) is 0 Å². The van der Waals surface area contributed by atoms with Gasteiger partial charge in [-0.05, 0) is 20.8 Å². The average molecular weight is 254 g/mol. The monoisotopic (exact) mass is 254 g/mol. The molecule has 0 bridgehead atoms. The lowest BCUT2D eigenvalue weighted by atomic mass is 10.1. The second-order valence-electron chi connectivity index (χ2n) is 5.19. The lowest BCUT2D eigenvalue weighted by molar-refractivity contribution is 0.404. The van der Waals surface area contributed by atoms with E-state index in [1.807, 2.05) is 11.9 Å². The molecule has 0 atom stereocenters. The van der Waals surface area contributed by atoms with Crippen LogP contribution in [0.4, 0.5) is 5.82 Å². The molecule has 0 aliphatic heterocycles. The summed E-state index contributed by atoms with van der Waals surface area (Å²) in [6.07, 6.45) is 1.38. The highest BCUT2D eigenvalue weighted by Gasteiger charge is 2.14. The van der Waals surface area contributed by atoms with Crippen molar-refractivity contribution in [2.75, 3.05) is 32.1 Å². The van der Waals surface area contributed by atoms with Crippen LogP contribution in [0.3, 0.4) is 0 Å². The summed E-state index contributed by atoms with van der Waals surface area (Å²) in [5, 5.41) is 3.38. The number of H-pyrrole nitrogens is 1. The second-order valence-corrected chi connectivity index (χ2v) is 5.19. The van der Waals surface area contributed by atoms with Crippen LogP contribution in [0.2, 0.25) is 0 Å². The van der Waals surface area contributed by atoms with Gasteiger partial charge in [0, 0.05) is 25.7 Å². The van der Waals surface area contributed by atoms with Crippen molar-refractivity contribution in [2.45, 2.75) is 26.3 Å². The van der Waals surface area contributed by atoms with Gasteiger partial charge in [0.2, 0.25) is 5.75 Å². The number of aromatic nitrogens is 2. The summed E-state index contributed by atoms with van der Waals surface area (Å²) in [6, 6.07) is 0. The maximum atomic E-state index is 11.5. The Labute approximate surface area is 107 Å². The Morgan fingerprint density at radius 3 is 2.72 bits per heavy atom. The van der Waals surface area contributed by atoms with Crippen LogP contribution in [0.1, 0.15) is 20.8 Å². The van der Waals surface area contributed by atoms with Gasteiger partial charge >= 0.3 is 0 Å². The maximum Gasteiger partial charge on any atom is 0.295 e. The Kier molecular flexibility index (Phi) is 4.72. The van der Waals surface area contributed by atoms with Gasteiger partial charge in [-0.15, -0.1) is 0 Å². The number of anilines is 1. The smallest absolute Gasteiger partial charge is 0.295 e. The van der Waals surface area contributed by atoms with E-state index in [9.17, 15) is 4.79 Å². The molecule has 18 heavy (non-hydrogen) atoms. The first-order chi connectivity index (χ1) is 8.35. The van der Waals surface area contributed by atoms with Gasteiger partial charge in [-0.25, -0.2) is 4.98 Å². The summed E-state index contributed by atoms with van der Waals surface area (Å²) in [4.78, 5) is 20.1. The lowest BCUT2D eigenvalue weighted by Gasteiger charge is -2.24. The molecule has 6 heteroatoms. The number of aromatic amines is 1. The van der Waals surface area contributed by atoms with E-state index in [2.05, 4.69) is 36.1 Å². The predicted octanol–water partition coefficient (Wildman–Crippen LogP) is 0.603. The summed E-state index contributed by atoms with van der Waals surface area (Å²) >= 11 is 0. The molecular formula is C12H22N4O2. The average Bonchev–Trinajstić information content (AvgIpc) is 2.26. The molecule has 6 nitrogen and oxygen atoms in total. The Balaban J connectivity index is 2.70. The molecule has 0 radical (unpaired) electrons. The highest BCUT2D eigenvalue weighted by molar-refractivity contribution is 5.49. The number of nitrogens with one attached hydrogen (secondary N) is 2. The molecule has 1 aromatic heterocycles. The summed E-state index contributed by atoms with van der Waals surface area (Å²) in [5.41, 5.74) is -0.190. The first kappa shape index (κ1) is 14.5. The molecule has 0 fully saturated rings. The third-order valence-electron chi connectivity index (χ3n) is 2.46. The van der Waals surface area contributed by atoms with Gasteiger partial charge in [0.05, 0.1) is 13.4 Å². The van der Waals surface area contributed by atoms with Crippen LogP contribution in [-0.4, -0.2) is 42.8 Å². The van der Waals surface area contributed by atoms with E-state index in [4.69, 9.17) is 4.74 Å². The number of methoxy groups -OCH3 is 1. The van der Waals surface area contributed by atoms with Crippen LogP contribution in [0.5, 0.6) is 5.75 Å². The second kappa shape index (κ2) is 5.86. The molecule has 0 saturated carbocycles. The van der Waals surface area contributed by atoms with E-state index in [0.29, 0.717) is 5.82 Å². The fourth-order valence-electron chi connectivity index (χ4n) is 1.54. The molecule has 2 N–H and O–H groups in total. The third-order valence-corrected chi connectivity index (χ3v) is 2.46. The minimum atomic E-state index is -0.266. The summed E-state index contributed by atoms with van der Waals surface area (Å²) in [7, 11) is 3.35. The van der Waals surface area contributed by atoms with E-state index in [1.165, 1.54) is 13.4 Å². The van der Waals surface area contributed by atoms with E-state index < -0.39 is 0 Å². The van der Waals surface area contributed by atoms with Crippen molar-refractivity contribution in [1.29, 1.82) is 0 Å². The molecular weight excluding hydrogens is 232 g/mol. The molecule has 0 spiro atoms. The normalized spacial score (nSPS) is 11.4. The van der Waals surface area contributed by atoms with Gasteiger partial charge < -0.3 is 19.9 Å².